The molecule has 156 valence electrons. The number of anilines is 1. The number of rotatable bonds is 5. The summed E-state index contributed by atoms with van der Waals surface area (Å²) in [5.74, 6) is -0.0965. The van der Waals surface area contributed by atoms with Gasteiger partial charge in [-0.15, -0.1) is 0 Å². The number of aromatic nitrogens is 1. The minimum absolute atomic E-state index is 0.0965. The first-order chi connectivity index (χ1) is 15.0. The Kier molecular flexibility index (Phi) is 5.85. The molecule has 0 fully saturated rings. The molecule has 3 heteroatoms. The number of nitrogens with one attached hydrogen (secondary N) is 1. The van der Waals surface area contributed by atoms with Crippen molar-refractivity contribution in [3.8, 4) is 11.3 Å². The largest absolute Gasteiger partial charge is 0.321 e. The lowest BCUT2D eigenvalue weighted by Crippen LogP contribution is -2.16. The SMILES string of the molecule is CCc1cccc(CC)c1NC(=O)c1cc(-c2cc(C)ccc2C)nc2ccccc12. The van der Waals surface area contributed by atoms with Crippen LogP contribution in [0.15, 0.2) is 66.7 Å². The first-order valence-electron chi connectivity index (χ1n) is 10.9. The van der Waals surface area contributed by atoms with E-state index in [0.717, 1.165) is 57.4 Å². The molecule has 0 radical (unpaired) electrons. The normalized spacial score (nSPS) is 11.0. The maximum absolute atomic E-state index is 13.6. The summed E-state index contributed by atoms with van der Waals surface area (Å²) < 4.78 is 0. The Morgan fingerprint density at radius 1 is 0.871 bits per heavy atom. The van der Waals surface area contributed by atoms with Gasteiger partial charge in [0.2, 0.25) is 0 Å². The third kappa shape index (κ3) is 4.09. The number of hydrogen-bond donors (Lipinski definition) is 1. The van der Waals surface area contributed by atoms with Crippen LogP contribution in [0.1, 0.15) is 46.5 Å². The highest BCUT2D eigenvalue weighted by atomic mass is 16.1. The van der Waals surface area contributed by atoms with E-state index in [-0.39, 0.29) is 5.91 Å². The zero-order valence-electron chi connectivity index (χ0n) is 18.6. The quantitative estimate of drug-likeness (QED) is 0.390. The van der Waals surface area contributed by atoms with Crippen LogP contribution in [0.3, 0.4) is 0 Å². The molecule has 0 atom stereocenters. The first-order valence-corrected chi connectivity index (χ1v) is 10.9. The van der Waals surface area contributed by atoms with E-state index in [0.29, 0.717) is 5.56 Å². The molecule has 0 saturated carbocycles. The number of carbonyl (C=O) groups excluding carboxylic acids is 1. The topological polar surface area (TPSA) is 42.0 Å². The number of fused-ring (bicyclic) bond motifs is 1. The molecule has 0 aliphatic rings. The molecule has 0 aliphatic heterocycles. The molecular weight excluding hydrogens is 380 g/mol. The van der Waals surface area contributed by atoms with E-state index in [1.165, 1.54) is 5.56 Å². The van der Waals surface area contributed by atoms with E-state index in [9.17, 15) is 4.79 Å². The Hall–Kier alpha value is -3.46. The van der Waals surface area contributed by atoms with Gasteiger partial charge >= 0.3 is 0 Å². The van der Waals surface area contributed by atoms with Crippen LogP contribution in [0.2, 0.25) is 0 Å². The predicted molar refractivity (Wildman–Crippen MR) is 130 cm³/mol. The summed E-state index contributed by atoms with van der Waals surface area (Å²) in [5.41, 5.74) is 8.91. The van der Waals surface area contributed by atoms with Crippen LogP contribution in [0.25, 0.3) is 22.2 Å². The smallest absolute Gasteiger partial charge is 0.256 e. The number of para-hydroxylation sites is 2. The molecule has 1 heterocycles. The molecule has 4 aromatic rings. The fourth-order valence-electron chi connectivity index (χ4n) is 4.10. The van der Waals surface area contributed by atoms with Gasteiger partial charge in [-0.1, -0.05) is 67.9 Å². The van der Waals surface area contributed by atoms with Crippen LogP contribution in [-0.2, 0) is 12.8 Å². The number of pyridine rings is 1. The van der Waals surface area contributed by atoms with Gasteiger partial charge in [-0.05, 0) is 61.6 Å². The van der Waals surface area contributed by atoms with Gasteiger partial charge in [0.05, 0.1) is 16.8 Å². The van der Waals surface area contributed by atoms with E-state index >= 15 is 0 Å². The lowest BCUT2D eigenvalue weighted by molar-refractivity contribution is 0.102. The van der Waals surface area contributed by atoms with Crippen LogP contribution >= 0.6 is 0 Å². The average molecular weight is 409 g/mol. The Balaban J connectivity index is 1.86. The van der Waals surface area contributed by atoms with Gasteiger partial charge in [0.15, 0.2) is 0 Å². The van der Waals surface area contributed by atoms with Crippen molar-refractivity contribution >= 4 is 22.5 Å². The Labute approximate surface area is 184 Å². The molecule has 0 spiro atoms. The second-order valence-corrected chi connectivity index (χ2v) is 8.00. The third-order valence-electron chi connectivity index (χ3n) is 5.87. The molecule has 4 rings (SSSR count). The standard InChI is InChI=1S/C28H28N2O/c1-5-20-10-9-11-21(6-2)27(20)30-28(31)24-17-26(23-16-18(3)14-15-19(23)4)29-25-13-8-7-12-22(24)25/h7-17H,5-6H2,1-4H3,(H,30,31). The van der Waals surface area contributed by atoms with Crippen molar-refractivity contribution < 1.29 is 4.79 Å². The molecule has 0 unspecified atom stereocenters. The summed E-state index contributed by atoms with van der Waals surface area (Å²) in [4.78, 5) is 18.4. The molecule has 1 aromatic heterocycles. The number of amides is 1. The number of nitrogens with zero attached hydrogens (tertiary/aromatic N) is 1. The molecule has 3 aromatic carbocycles. The highest BCUT2D eigenvalue weighted by Crippen LogP contribution is 2.29. The average Bonchev–Trinajstić information content (AvgIpc) is 2.79. The summed E-state index contributed by atoms with van der Waals surface area (Å²) in [7, 11) is 0. The van der Waals surface area contributed by atoms with Crippen molar-refractivity contribution in [2.24, 2.45) is 0 Å². The van der Waals surface area contributed by atoms with Gasteiger partial charge in [-0.2, -0.15) is 0 Å². The maximum Gasteiger partial charge on any atom is 0.256 e. The highest BCUT2D eigenvalue weighted by Gasteiger charge is 2.17. The fraction of sp³-hybridized carbons (Fsp3) is 0.214. The fourth-order valence-corrected chi connectivity index (χ4v) is 4.10. The summed E-state index contributed by atoms with van der Waals surface area (Å²) in [5, 5.41) is 4.09. The summed E-state index contributed by atoms with van der Waals surface area (Å²) in [6, 6.07) is 22.4. The summed E-state index contributed by atoms with van der Waals surface area (Å²) in [6.45, 7) is 8.39. The zero-order valence-corrected chi connectivity index (χ0v) is 18.6. The van der Waals surface area contributed by atoms with Gasteiger partial charge in [0.25, 0.3) is 5.91 Å². The highest BCUT2D eigenvalue weighted by molar-refractivity contribution is 6.13. The zero-order chi connectivity index (χ0) is 22.0. The molecule has 0 bridgehead atoms. The molecule has 31 heavy (non-hydrogen) atoms. The van der Waals surface area contributed by atoms with E-state index in [2.05, 4.69) is 69.4 Å². The Bertz CT molecular complexity index is 1250. The van der Waals surface area contributed by atoms with Crippen molar-refractivity contribution in [1.29, 1.82) is 0 Å². The van der Waals surface area contributed by atoms with Gasteiger partial charge < -0.3 is 5.32 Å². The van der Waals surface area contributed by atoms with Crippen molar-refractivity contribution in [2.75, 3.05) is 5.32 Å². The van der Waals surface area contributed by atoms with Gasteiger partial charge in [-0.3, -0.25) is 4.79 Å². The summed E-state index contributed by atoms with van der Waals surface area (Å²) >= 11 is 0. The van der Waals surface area contributed by atoms with Crippen molar-refractivity contribution in [1.82, 2.24) is 4.98 Å². The van der Waals surface area contributed by atoms with Crippen LogP contribution in [0.5, 0.6) is 0 Å². The number of carbonyl (C=O) groups is 1. The Morgan fingerprint density at radius 3 is 2.29 bits per heavy atom. The van der Waals surface area contributed by atoms with Crippen LogP contribution in [-0.4, -0.2) is 10.9 Å². The lowest BCUT2D eigenvalue weighted by atomic mass is 9.98. The lowest BCUT2D eigenvalue weighted by Gasteiger charge is -2.16. The van der Waals surface area contributed by atoms with Crippen molar-refractivity contribution in [3.63, 3.8) is 0 Å². The van der Waals surface area contributed by atoms with E-state index in [4.69, 9.17) is 4.98 Å². The molecule has 0 saturated heterocycles. The van der Waals surface area contributed by atoms with E-state index < -0.39 is 0 Å². The molecule has 1 N–H and O–H groups in total. The van der Waals surface area contributed by atoms with Crippen LogP contribution < -0.4 is 5.32 Å². The predicted octanol–water partition coefficient (Wildman–Crippen LogP) is 6.90. The second-order valence-electron chi connectivity index (χ2n) is 8.00. The van der Waals surface area contributed by atoms with Crippen LogP contribution in [0.4, 0.5) is 5.69 Å². The van der Waals surface area contributed by atoms with Crippen molar-refractivity contribution in [3.05, 3.63) is 94.5 Å². The summed E-state index contributed by atoms with van der Waals surface area (Å²) in [6.07, 6.45) is 1.74. The number of aryl methyl sites for hydroxylation is 4. The monoisotopic (exact) mass is 408 g/mol. The molecule has 3 nitrogen and oxygen atoms in total. The number of benzene rings is 3. The maximum atomic E-state index is 13.6. The van der Waals surface area contributed by atoms with E-state index in [1.54, 1.807) is 0 Å². The van der Waals surface area contributed by atoms with Gasteiger partial charge in [0, 0.05) is 16.6 Å². The molecule has 1 amide bonds. The molecular formula is C28H28N2O. The minimum atomic E-state index is -0.0965. The molecule has 0 aliphatic carbocycles. The van der Waals surface area contributed by atoms with Gasteiger partial charge in [-0.25, -0.2) is 4.98 Å². The number of hydrogen-bond acceptors (Lipinski definition) is 2. The Morgan fingerprint density at radius 2 is 1.58 bits per heavy atom. The first kappa shape index (κ1) is 20.8. The van der Waals surface area contributed by atoms with Crippen molar-refractivity contribution in [2.45, 2.75) is 40.5 Å². The van der Waals surface area contributed by atoms with E-state index in [1.807, 2.05) is 30.3 Å². The van der Waals surface area contributed by atoms with Gasteiger partial charge in [0.1, 0.15) is 0 Å². The third-order valence-corrected chi connectivity index (χ3v) is 5.87. The van der Waals surface area contributed by atoms with Crippen LogP contribution in [0, 0.1) is 13.8 Å². The minimum Gasteiger partial charge on any atom is -0.321 e. The second kappa shape index (κ2) is 8.73.